The third kappa shape index (κ3) is 4.34. The Kier molecular flexibility index (Phi) is 7.43. The number of hydrogen-bond donors (Lipinski definition) is 1. The first-order valence-electron chi connectivity index (χ1n) is 14.3. The molecule has 4 aliphatic rings. The number of nitrogens with zero attached hydrogens (tertiary/aromatic N) is 6. The van der Waals surface area contributed by atoms with E-state index < -0.39 is 22.6 Å². The fourth-order valence-corrected chi connectivity index (χ4v) is 8.84. The number of para-hydroxylation sites is 1. The van der Waals surface area contributed by atoms with E-state index in [1.54, 1.807) is 26.2 Å². The molecule has 0 aliphatic carbocycles. The van der Waals surface area contributed by atoms with Crippen LogP contribution in [0.15, 0.2) is 48.6 Å². The number of carbonyl (C=O) groups is 3. The summed E-state index contributed by atoms with van der Waals surface area (Å²) in [6.07, 6.45) is 11.1. The number of rotatable bonds is 9. The van der Waals surface area contributed by atoms with Crippen molar-refractivity contribution in [3.63, 3.8) is 0 Å². The number of aromatic nitrogens is 3. The summed E-state index contributed by atoms with van der Waals surface area (Å²) in [6, 6.07) is 6.92. The maximum Gasteiger partial charge on any atom is 0.248 e. The van der Waals surface area contributed by atoms with E-state index in [4.69, 9.17) is 0 Å². The van der Waals surface area contributed by atoms with E-state index in [-0.39, 0.29) is 36.2 Å². The number of thioether (sulfide) groups is 1. The largest absolute Gasteiger partial charge is 0.396 e. The number of unbranched alkanes of at least 4 members (excludes halogenated alkanes) is 2. The van der Waals surface area contributed by atoms with Gasteiger partial charge in [-0.05, 0) is 37.8 Å². The van der Waals surface area contributed by atoms with Gasteiger partial charge >= 0.3 is 0 Å². The van der Waals surface area contributed by atoms with Gasteiger partial charge in [0.05, 0.1) is 22.1 Å². The average Bonchev–Trinajstić information content (AvgIpc) is 3.51. The summed E-state index contributed by atoms with van der Waals surface area (Å²) in [6.45, 7) is 4.36. The molecule has 1 aromatic heterocycles. The van der Waals surface area contributed by atoms with Crippen molar-refractivity contribution in [3.8, 4) is 0 Å². The smallest absolute Gasteiger partial charge is 0.248 e. The van der Waals surface area contributed by atoms with Crippen molar-refractivity contribution < 1.29 is 19.5 Å². The fraction of sp³-hybridized carbons (Fsp3) is 0.552. The first kappa shape index (κ1) is 27.0. The van der Waals surface area contributed by atoms with E-state index >= 15 is 0 Å². The predicted octanol–water partition coefficient (Wildman–Crippen LogP) is 2.06. The van der Waals surface area contributed by atoms with Gasteiger partial charge in [-0.1, -0.05) is 48.6 Å². The van der Waals surface area contributed by atoms with Gasteiger partial charge < -0.3 is 19.8 Å². The Morgan fingerprint density at radius 1 is 1.00 bits per heavy atom. The Balaban J connectivity index is 1.36. The van der Waals surface area contributed by atoms with Gasteiger partial charge in [-0.2, -0.15) is 0 Å². The summed E-state index contributed by atoms with van der Waals surface area (Å²) >= 11 is 1.61. The standard InChI is InChI=1S/C29H36N6O4S/c1-2-14-32-15-8-12-22-23(26(32)37)24-27(38)34(17-6-3-7-18-36)25-28(39)33(16-9-13-29(24,25)40-22)19-35-21-11-5-4-10-20(21)30-31-35/h4-5,8-13,22-25,36H,2-3,6-7,14-19H2,1H3/t22-,23+,24-,25?,29-/m0/s1. The number of likely N-dealkylation sites (tertiary alicyclic amines) is 1. The van der Waals surface area contributed by atoms with Crippen molar-refractivity contribution in [2.45, 2.75) is 55.3 Å². The number of fused-ring (bicyclic) bond motifs is 3. The van der Waals surface area contributed by atoms with Crippen LogP contribution in [0.5, 0.6) is 0 Å². The van der Waals surface area contributed by atoms with Gasteiger partial charge in [0.1, 0.15) is 18.2 Å². The topological polar surface area (TPSA) is 112 Å². The predicted molar refractivity (Wildman–Crippen MR) is 152 cm³/mol. The molecule has 5 atom stereocenters. The molecule has 0 saturated carbocycles. The molecule has 1 spiro atoms. The summed E-state index contributed by atoms with van der Waals surface area (Å²) in [4.78, 5) is 48.0. The molecular formula is C29H36N6O4S. The van der Waals surface area contributed by atoms with Crippen LogP contribution in [-0.2, 0) is 21.1 Å². The molecule has 4 aliphatic heterocycles. The van der Waals surface area contributed by atoms with Crippen LogP contribution in [0.1, 0.15) is 32.6 Å². The zero-order chi connectivity index (χ0) is 27.9. The Labute approximate surface area is 238 Å². The minimum absolute atomic E-state index is 0.0106. The van der Waals surface area contributed by atoms with Crippen LogP contribution in [0.2, 0.25) is 0 Å². The fourth-order valence-electron chi connectivity index (χ4n) is 6.83. The number of benzene rings is 1. The molecule has 2 fully saturated rings. The molecule has 5 heterocycles. The van der Waals surface area contributed by atoms with Crippen molar-refractivity contribution >= 4 is 40.5 Å². The molecule has 10 nitrogen and oxygen atoms in total. The lowest BCUT2D eigenvalue weighted by Crippen LogP contribution is -2.53. The average molecular weight is 565 g/mol. The summed E-state index contributed by atoms with van der Waals surface area (Å²) < 4.78 is 0.897. The number of aliphatic hydroxyl groups is 1. The first-order chi connectivity index (χ1) is 19.5. The monoisotopic (exact) mass is 564 g/mol. The first-order valence-corrected chi connectivity index (χ1v) is 15.2. The van der Waals surface area contributed by atoms with Gasteiger partial charge in [-0.3, -0.25) is 14.4 Å². The van der Waals surface area contributed by atoms with Gasteiger partial charge in [0, 0.05) is 38.0 Å². The van der Waals surface area contributed by atoms with Crippen LogP contribution >= 0.6 is 11.8 Å². The quantitative estimate of drug-likeness (QED) is 0.367. The minimum Gasteiger partial charge on any atom is -0.396 e. The van der Waals surface area contributed by atoms with Crippen molar-refractivity contribution in [1.82, 2.24) is 29.7 Å². The lowest BCUT2D eigenvalue weighted by molar-refractivity contribution is -0.144. The molecule has 40 heavy (non-hydrogen) atoms. The molecule has 2 saturated heterocycles. The van der Waals surface area contributed by atoms with Gasteiger partial charge in [0.25, 0.3) is 0 Å². The van der Waals surface area contributed by atoms with Crippen molar-refractivity contribution in [1.29, 1.82) is 0 Å². The van der Waals surface area contributed by atoms with Gasteiger partial charge in [0.2, 0.25) is 17.7 Å². The van der Waals surface area contributed by atoms with Crippen molar-refractivity contribution in [2.75, 3.05) is 32.8 Å². The van der Waals surface area contributed by atoms with E-state index in [1.807, 2.05) is 41.3 Å². The Morgan fingerprint density at radius 3 is 2.65 bits per heavy atom. The number of amides is 3. The molecule has 3 amide bonds. The summed E-state index contributed by atoms with van der Waals surface area (Å²) in [5.74, 6) is -1.34. The number of carbonyl (C=O) groups excluding carboxylic acids is 3. The minimum atomic E-state index is -0.825. The van der Waals surface area contributed by atoms with E-state index in [0.717, 1.165) is 23.9 Å². The van der Waals surface area contributed by atoms with Crippen molar-refractivity contribution in [2.24, 2.45) is 11.8 Å². The Hall–Kier alpha value is -3.18. The molecule has 6 rings (SSSR count). The zero-order valence-electron chi connectivity index (χ0n) is 22.8. The molecular weight excluding hydrogens is 528 g/mol. The highest BCUT2D eigenvalue weighted by atomic mass is 32.2. The van der Waals surface area contributed by atoms with E-state index in [1.165, 1.54) is 0 Å². The molecule has 1 unspecified atom stereocenters. The molecule has 2 aromatic rings. The summed E-state index contributed by atoms with van der Waals surface area (Å²) in [7, 11) is 0. The number of hydrogen-bond acceptors (Lipinski definition) is 7. The lowest BCUT2D eigenvalue weighted by atomic mass is 9.78. The number of aliphatic hydroxyl groups excluding tert-OH is 1. The normalized spacial score (nSPS) is 29.6. The van der Waals surface area contributed by atoms with Crippen LogP contribution in [0.4, 0.5) is 0 Å². The van der Waals surface area contributed by atoms with Gasteiger partial charge in [0.15, 0.2) is 0 Å². The Bertz CT molecular complexity index is 1360. The van der Waals surface area contributed by atoms with Crippen LogP contribution in [0.25, 0.3) is 11.0 Å². The Morgan fingerprint density at radius 2 is 1.82 bits per heavy atom. The molecule has 1 aromatic carbocycles. The molecule has 0 bridgehead atoms. The van der Waals surface area contributed by atoms with Gasteiger partial charge in [-0.15, -0.1) is 16.9 Å². The molecule has 212 valence electrons. The molecule has 1 N–H and O–H groups in total. The molecule has 11 heteroatoms. The SMILES string of the molecule is CCCN1CC=C[C@@H]2S[C@]34C=CCN(Cn5nnc6ccccc65)C(=O)C3N(CCCCCO)C(=O)[C@@H]4[C@@H]2C1=O. The summed E-state index contributed by atoms with van der Waals surface area (Å²) in [5, 5.41) is 17.7. The third-order valence-corrected chi connectivity index (χ3v) is 10.3. The van der Waals surface area contributed by atoms with Crippen LogP contribution in [-0.4, -0.2) is 101 Å². The van der Waals surface area contributed by atoms with E-state index in [2.05, 4.69) is 29.4 Å². The van der Waals surface area contributed by atoms with Crippen LogP contribution < -0.4 is 0 Å². The second-order valence-electron chi connectivity index (χ2n) is 11.1. The maximum absolute atomic E-state index is 14.5. The highest BCUT2D eigenvalue weighted by molar-refractivity contribution is 8.02. The van der Waals surface area contributed by atoms with E-state index in [9.17, 15) is 19.5 Å². The van der Waals surface area contributed by atoms with E-state index in [0.29, 0.717) is 39.0 Å². The zero-order valence-corrected chi connectivity index (χ0v) is 23.6. The van der Waals surface area contributed by atoms with Crippen molar-refractivity contribution in [3.05, 3.63) is 48.6 Å². The second-order valence-corrected chi connectivity index (χ2v) is 12.5. The van der Waals surface area contributed by atoms with Gasteiger partial charge in [-0.25, -0.2) is 4.68 Å². The second kappa shape index (κ2) is 11.0. The third-order valence-electron chi connectivity index (χ3n) is 8.60. The highest BCUT2D eigenvalue weighted by Gasteiger charge is 2.70. The molecule has 0 radical (unpaired) electrons. The maximum atomic E-state index is 14.5. The van der Waals surface area contributed by atoms with Crippen LogP contribution in [0, 0.1) is 11.8 Å². The van der Waals surface area contributed by atoms with Crippen LogP contribution in [0.3, 0.4) is 0 Å². The highest BCUT2D eigenvalue weighted by Crippen LogP contribution is 2.61. The summed E-state index contributed by atoms with van der Waals surface area (Å²) in [5.41, 5.74) is 1.59. The lowest BCUT2D eigenvalue weighted by Gasteiger charge is -2.35.